The monoisotopic (exact) mass is 383 g/mol. The van der Waals surface area contributed by atoms with Crippen LogP contribution in [-0.4, -0.2) is 74.0 Å². The van der Waals surface area contributed by atoms with E-state index in [1.807, 2.05) is 4.90 Å². The molecule has 6 nitrogen and oxygen atoms in total. The van der Waals surface area contributed by atoms with E-state index >= 15 is 0 Å². The molecule has 2 saturated heterocycles. The number of hydrogen-bond acceptors (Lipinski definition) is 4. The number of piperazine rings is 1. The van der Waals surface area contributed by atoms with Crippen LogP contribution in [0.1, 0.15) is 18.4 Å². The summed E-state index contributed by atoms with van der Waals surface area (Å²) in [7, 11) is -3.16. The lowest BCUT2D eigenvalue weighted by Gasteiger charge is -2.38. The lowest BCUT2D eigenvalue weighted by molar-refractivity contribution is -0.138. The summed E-state index contributed by atoms with van der Waals surface area (Å²) in [4.78, 5) is 16.9. The van der Waals surface area contributed by atoms with Crippen molar-refractivity contribution in [2.75, 3.05) is 45.5 Å². The normalized spacial score (nSPS) is 21.1. The summed E-state index contributed by atoms with van der Waals surface area (Å²) < 4.78 is 37.6. The molecule has 0 N–H and O–H groups in total. The number of carbonyl (C=O) groups is 1. The van der Waals surface area contributed by atoms with Crippen molar-refractivity contribution in [2.45, 2.75) is 19.4 Å². The minimum Gasteiger partial charge on any atom is -0.340 e. The summed E-state index contributed by atoms with van der Waals surface area (Å²) in [6.07, 6.45) is 2.42. The van der Waals surface area contributed by atoms with Gasteiger partial charge in [-0.2, -0.15) is 0 Å². The third-order valence-electron chi connectivity index (χ3n) is 5.28. The topological polar surface area (TPSA) is 60.9 Å². The van der Waals surface area contributed by atoms with Gasteiger partial charge in [0.15, 0.2) is 0 Å². The van der Waals surface area contributed by atoms with Crippen LogP contribution in [0.5, 0.6) is 0 Å². The Kier molecular flexibility index (Phi) is 5.94. The van der Waals surface area contributed by atoms with Gasteiger partial charge in [0.2, 0.25) is 15.9 Å². The molecule has 3 rings (SSSR count). The molecule has 0 radical (unpaired) electrons. The fourth-order valence-corrected chi connectivity index (χ4v) is 4.54. The Morgan fingerprint density at radius 1 is 1.04 bits per heavy atom. The van der Waals surface area contributed by atoms with Crippen molar-refractivity contribution in [1.82, 2.24) is 14.1 Å². The Morgan fingerprint density at radius 3 is 2.15 bits per heavy atom. The van der Waals surface area contributed by atoms with Gasteiger partial charge in [-0.3, -0.25) is 9.69 Å². The van der Waals surface area contributed by atoms with E-state index in [9.17, 15) is 17.6 Å². The fourth-order valence-electron chi connectivity index (χ4n) is 3.67. The minimum absolute atomic E-state index is 0.0725. The first-order valence-electron chi connectivity index (χ1n) is 9.03. The molecule has 2 heterocycles. The van der Waals surface area contributed by atoms with Gasteiger partial charge < -0.3 is 4.90 Å². The van der Waals surface area contributed by atoms with Crippen molar-refractivity contribution >= 4 is 15.9 Å². The third-order valence-corrected chi connectivity index (χ3v) is 6.58. The zero-order valence-corrected chi connectivity index (χ0v) is 15.9. The number of nitrogens with zero attached hydrogens (tertiary/aromatic N) is 3. The van der Waals surface area contributed by atoms with Crippen molar-refractivity contribution < 1.29 is 17.6 Å². The third kappa shape index (κ3) is 4.81. The average Bonchev–Trinajstić information content (AvgIpc) is 2.63. The maximum absolute atomic E-state index is 13.0. The molecule has 1 amide bonds. The van der Waals surface area contributed by atoms with Crippen LogP contribution in [0.15, 0.2) is 24.3 Å². The molecular formula is C18H26FN3O3S. The Hall–Kier alpha value is -1.51. The van der Waals surface area contributed by atoms with Crippen LogP contribution in [0.3, 0.4) is 0 Å². The number of amides is 1. The van der Waals surface area contributed by atoms with Crippen molar-refractivity contribution in [3.63, 3.8) is 0 Å². The number of sulfonamides is 1. The number of rotatable bonds is 4. The first-order chi connectivity index (χ1) is 12.3. The van der Waals surface area contributed by atoms with Gasteiger partial charge in [0.25, 0.3) is 0 Å². The van der Waals surface area contributed by atoms with Crippen LogP contribution in [0, 0.1) is 11.7 Å². The molecule has 0 aromatic heterocycles. The fraction of sp³-hybridized carbons (Fsp3) is 0.611. The smallest absolute Gasteiger partial charge is 0.225 e. The maximum Gasteiger partial charge on any atom is 0.225 e. The van der Waals surface area contributed by atoms with E-state index in [0.29, 0.717) is 39.0 Å². The number of halogens is 1. The largest absolute Gasteiger partial charge is 0.340 e. The molecule has 26 heavy (non-hydrogen) atoms. The number of piperidine rings is 1. The van der Waals surface area contributed by atoms with Crippen LogP contribution in [-0.2, 0) is 21.4 Å². The number of benzene rings is 1. The lowest BCUT2D eigenvalue weighted by Crippen LogP contribution is -2.51. The summed E-state index contributed by atoms with van der Waals surface area (Å²) in [5, 5.41) is 0. The summed E-state index contributed by atoms with van der Waals surface area (Å²) in [5.74, 6) is -0.151. The van der Waals surface area contributed by atoms with Gasteiger partial charge in [-0.05, 0) is 30.5 Å². The number of carbonyl (C=O) groups excluding carboxylic acids is 1. The van der Waals surface area contributed by atoms with E-state index in [-0.39, 0.29) is 17.6 Å². The highest BCUT2D eigenvalue weighted by atomic mass is 32.2. The van der Waals surface area contributed by atoms with Crippen LogP contribution in [0.25, 0.3) is 0 Å². The van der Waals surface area contributed by atoms with Crippen molar-refractivity contribution in [2.24, 2.45) is 5.92 Å². The Morgan fingerprint density at radius 2 is 1.62 bits per heavy atom. The molecule has 2 aliphatic heterocycles. The molecular weight excluding hydrogens is 357 g/mol. The lowest BCUT2D eigenvalue weighted by atomic mass is 9.96. The van der Waals surface area contributed by atoms with Crippen LogP contribution < -0.4 is 0 Å². The first kappa shape index (κ1) is 19.3. The van der Waals surface area contributed by atoms with E-state index in [1.165, 1.54) is 22.7 Å². The molecule has 144 valence electrons. The predicted molar refractivity (Wildman–Crippen MR) is 97.4 cm³/mol. The highest BCUT2D eigenvalue weighted by Crippen LogP contribution is 2.22. The van der Waals surface area contributed by atoms with Gasteiger partial charge in [-0.15, -0.1) is 0 Å². The highest BCUT2D eigenvalue weighted by molar-refractivity contribution is 7.88. The number of hydrogen-bond donors (Lipinski definition) is 0. The molecule has 1 aromatic rings. The Balaban J connectivity index is 1.46. The SMILES string of the molecule is CS(=O)(=O)N1CCC(C(=O)N2CCN(Cc3ccc(F)cc3)CC2)CC1. The summed E-state index contributed by atoms with van der Waals surface area (Å²) in [5.41, 5.74) is 1.07. The van der Waals surface area contributed by atoms with Gasteiger partial charge >= 0.3 is 0 Å². The van der Waals surface area contributed by atoms with Crippen LogP contribution in [0.4, 0.5) is 4.39 Å². The average molecular weight is 383 g/mol. The summed E-state index contributed by atoms with van der Waals surface area (Å²) in [6, 6.07) is 6.53. The molecule has 0 unspecified atom stereocenters. The standard InChI is InChI=1S/C18H26FN3O3S/c1-26(24,25)22-8-6-16(7-9-22)18(23)21-12-10-20(11-13-21)14-15-2-4-17(19)5-3-15/h2-5,16H,6-14H2,1H3. The van der Waals surface area contributed by atoms with E-state index in [2.05, 4.69) is 4.90 Å². The molecule has 0 atom stereocenters. The van der Waals surface area contributed by atoms with E-state index in [1.54, 1.807) is 12.1 Å². The Labute approximate surface area is 154 Å². The van der Waals surface area contributed by atoms with Gasteiger partial charge in [0.05, 0.1) is 6.26 Å². The maximum atomic E-state index is 13.0. The second-order valence-electron chi connectivity index (χ2n) is 7.16. The van der Waals surface area contributed by atoms with Crippen LogP contribution in [0.2, 0.25) is 0 Å². The van der Waals surface area contributed by atoms with E-state index in [4.69, 9.17) is 0 Å². The molecule has 2 aliphatic rings. The highest BCUT2D eigenvalue weighted by Gasteiger charge is 2.32. The molecule has 8 heteroatoms. The van der Waals surface area contributed by atoms with Crippen molar-refractivity contribution in [1.29, 1.82) is 0 Å². The van der Waals surface area contributed by atoms with E-state index in [0.717, 1.165) is 25.2 Å². The predicted octanol–water partition coefficient (Wildman–Crippen LogP) is 1.14. The molecule has 0 spiro atoms. The molecule has 1 aromatic carbocycles. The van der Waals surface area contributed by atoms with Gasteiger partial charge in [0.1, 0.15) is 5.82 Å². The molecule has 0 saturated carbocycles. The van der Waals surface area contributed by atoms with Gasteiger partial charge in [-0.25, -0.2) is 17.1 Å². The Bertz CT molecular complexity index is 723. The molecule has 0 aliphatic carbocycles. The first-order valence-corrected chi connectivity index (χ1v) is 10.9. The molecule has 2 fully saturated rings. The van der Waals surface area contributed by atoms with Gasteiger partial charge in [0, 0.05) is 51.7 Å². The summed E-state index contributed by atoms with van der Waals surface area (Å²) >= 11 is 0. The second-order valence-corrected chi connectivity index (χ2v) is 9.15. The minimum atomic E-state index is -3.16. The van der Waals surface area contributed by atoms with Crippen molar-refractivity contribution in [3.05, 3.63) is 35.6 Å². The van der Waals surface area contributed by atoms with Gasteiger partial charge in [-0.1, -0.05) is 12.1 Å². The quantitative estimate of drug-likeness (QED) is 0.782. The van der Waals surface area contributed by atoms with E-state index < -0.39 is 10.0 Å². The van der Waals surface area contributed by atoms with Crippen molar-refractivity contribution in [3.8, 4) is 0 Å². The van der Waals surface area contributed by atoms with Crippen LogP contribution >= 0.6 is 0 Å². The zero-order chi connectivity index (χ0) is 18.7. The zero-order valence-electron chi connectivity index (χ0n) is 15.1. The summed E-state index contributed by atoms with van der Waals surface area (Å²) in [6.45, 7) is 4.59. The molecule has 0 bridgehead atoms. The second kappa shape index (κ2) is 8.02.